The van der Waals surface area contributed by atoms with Gasteiger partial charge in [0.25, 0.3) is 10.2 Å². The molecular formula is C11H23ClN2O2S. The monoisotopic (exact) mass is 282 g/mol. The molecular weight excluding hydrogens is 260 g/mol. The third-order valence-electron chi connectivity index (χ3n) is 3.01. The van der Waals surface area contributed by atoms with Crippen molar-refractivity contribution >= 4 is 21.8 Å². The Morgan fingerprint density at radius 3 is 2.35 bits per heavy atom. The highest BCUT2D eigenvalue weighted by Gasteiger charge is 2.34. The summed E-state index contributed by atoms with van der Waals surface area (Å²) in [5.41, 5.74) is 0. The lowest BCUT2D eigenvalue weighted by atomic mass is 10.3. The zero-order valence-corrected chi connectivity index (χ0v) is 12.5. The molecule has 1 saturated carbocycles. The first-order valence-electron chi connectivity index (χ1n) is 6.18. The van der Waals surface area contributed by atoms with Crippen LogP contribution in [0.4, 0.5) is 0 Å². The van der Waals surface area contributed by atoms with Crippen molar-refractivity contribution in [3.63, 3.8) is 0 Å². The first-order chi connectivity index (χ1) is 7.89. The molecule has 1 aliphatic carbocycles. The van der Waals surface area contributed by atoms with Crippen LogP contribution in [0.3, 0.4) is 0 Å². The second-order valence-electron chi connectivity index (χ2n) is 4.98. The van der Waals surface area contributed by atoms with Gasteiger partial charge < -0.3 is 0 Å². The minimum Gasteiger partial charge on any atom is -0.195 e. The number of rotatable bonds is 8. The molecule has 0 heterocycles. The molecule has 0 amide bonds. The van der Waals surface area contributed by atoms with Crippen LogP contribution in [0.2, 0.25) is 0 Å². The minimum absolute atomic E-state index is 0.0130. The van der Waals surface area contributed by atoms with Gasteiger partial charge in [0.2, 0.25) is 0 Å². The van der Waals surface area contributed by atoms with Crippen molar-refractivity contribution in [3.05, 3.63) is 0 Å². The summed E-state index contributed by atoms with van der Waals surface area (Å²) in [4.78, 5) is 0. The van der Waals surface area contributed by atoms with Gasteiger partial charge in [0.1, 0.15) is 0 Å². The lowest BCUT2D eigenvalue weighted by molar-refractivity contribution is 0.309. The molecule has 0 aliphatic heterocycles. The van der Waals surface area contributed by atoms with E-state index in [0.717, 1.165) is 12.8 Å². The van der Waals surface area contributed by atoms with Gasteiger partial charge in [0, 0.05) is 32.1 Å². The number of hydrogen-bond donors (Lipinski definition) is 0. The summed E-state index contributed by atoms with van der Waals surface area (Å²) in [5.74, 6) is 1.05. The third kappa shape index (κ3) is 4.39. The second-order valence-corrected chi connectivity index (χ2v) is 7.34. The Morgan fingerprint density at radius 2 is 1.94 bits per heavy atom. The van der Waals surface area contributed by atoms with E-state index in [-0.39, 0.29) is 6.04 Å². The van der Waals surface area contributed by atoms with Gasteiger partial charge in [-0.05, 0) is 39.0 Å². The van der Waals surface area contributed by atoms with Gasteiger partial charge in [0.15, 0.2) is 0 Å². The molecule has 6 heteroatoms. The van der Waals surface area contributed by atoms with E-state index in [0.29, 0.717) is 31.3 Å². The average Bonchev–Trinajstić information content (AvgIpc) is 3.05. The van der Waals surface area contributed by atoms with Crippen LogP contribution >= 0.6 is 11.6 Å². The van der Waals surface area contributed by atoms with Gasteiger partial charge in [0.05, 0.1) is 0 Å². The molecule has 0 aromatic carbocycles. The highest BCUT2D eigenvalue weighted by atomic mass is 35.5. The average molecular weight is 283 g/mol. The largest absolute Gasteiger partial charge is 0.281 e. The van der Waals surface area contributed by atoms with E-state index < -0.39 is 10.2 Å². The molecule has 1 aliphatic rings. The minimum atomic E-state index is -3.32. The van der Waals surface area contributed by atoms with Crippen LogP contribution < -0.4 is 0 Å². The van der Waals surface area contributed by atoms with Crippen LogP contribution in [-0.4, -0.2) is 49.1 Å². The number of halogens is 1. The lowest BCUT2D eigenvalue weighted by Gasteiger charge is -2.30. The van der Waals surface area contributed by atoms with Crippen molar-refractivity contribution in [2.75, 3.05) is 26.0 Å². The van der Waals surface area contributed by atoms with Crippen LogP contribution in [-0.2, 0) is 10.2 Å². The quantitative estimate of drug-likeness (QED) is 0.638. The van der Waals surface area contributed by atoms with Gasteiger partial charge in [-0.3, -0.25) is 0 Å². The van der Waals surface area contributed by atoms with Crippen LogP contribution in [0.5, 0.6) is 0 Å². The SMILES string of the molecule is CC(C)N(CC1CC1)S(=O)(=O)N(C)CCCCl. The van der Waals surface area contributed by atoms with Crippen molar-refractivity contribution in [3.8, 4) is 0 Å². The Bertz CT molecular complexity index is 328. The molecule has 1 fully saturated rings. The first-order valence-corrected chi connectivity index (χ1v) is 8.11. The highest BCUT2D eigenvalue weighted by molar-refractivity contribution is 7.86. The Morgan fingerprint density at radius 1 is 1.35 bits per heavy atom. The Balaban J connectivity index is 2.68. The van der Waals surface area contributed by atoms with E-state index in [1.54, 1.807) is 11.4 Å². The molecule has 0 aromatic heterocycles. The van der Waals surface area contributed by atoms with E-state index >= 15 is 0 Å². The van der Waals surface area contributed by atoms with Crippen molar-refractivity contribution < 1.29 is 8.42 Å². The molecule has 17 heavy (non-hydrogen) atoms. The van der Waals surface area contributed by atoms with Gasteiger partial charge in [-0.25, -0.2) is 0 Å². The van der Waals surface area contributed by atoms with Crippen LogP contribution in [0, 0.1) is 5.92 Å². The van der Waals surface area contributed by atoms with E-state index in [4.69, 9.17) is 11.6 Å². The zero-order chi connectivity index (χ0) is 13.1. The lowest BCUT2D eigenvalue weighted by Crippen LogP contribution is -2.46. The van der Waals surface area contributed by atoms with Crippen LogP contribution in [0.15, 0.2) is 0 Å². The molecule has 102 valence electrons. The van der Waals surface area contributed by atoms with Crippen LogP contribution in [0.1, 0.15) is 33.1 Å². The van der Waals surface area contributed by atoms with Crippen molar-refractivity contribution in [1.29, 1.82) is 0 Å². The number of nitrogens with zero attached hydrogens (tertiary/aromatic N) is 2. The number of alkyl halides is 1. The summed E-state index contributed by atoms with van der Waals surface area (Å²) in [7, 11) is -1.69. The topological polar surface area (TPSA) is 40.6 Å². The molecule has 4 nitrogen and oxygen atoms in total. The molecule has 0 radical (unpaired) electrons. The summed E-state index contributed by atoms with van der Waals surface area (Å²) in [6.07, 6.45) is 3.00. The summed E-state index contributed by atoms with van der Waals surface area (Å²) in [6.45, 7) is 5.00. The van der Waals surface area contributed by atoms with Gasteiger partial charge >= 0.3 is 0 Å². The summed E-state index contributed by atoms with van der Waals surface area (Å²) in [5, 5.41) is 0. The molecule has 0 bridgehead atoms. The van der Waals surface area contributed by atoms with E-state index in [1.165, 1.54) is 4.31 Å². The fraction of sp³-hybridized carbons (Fsp3) is 1.00. The predicted molar refractivity (Wildman–Crippen MR) is 71.5 cm³/mol. The first kappa shape index (κ1) is 15.2. The molecule has 0 aromatic rings. The van der Waals surface area contributed by atoms with Crippen LogP contribution in [0.25, 0.3) is 0 Å². The van der Waals surface area contributed by atoms with Gasteiger partial charge in [-0.2, -0.15) is 17.0 Å². The van der Waals surface area contributed by atoms with E-state index in [1.807, 2.05) is 13.8 Å². The van der Waals surface area contributed by atoms with Gasteiger partial charge in [-0.1, -0.05) is 0 Å². The summed E-state index contributed by atoms with van der Waals surface area (Å²) in [6, 6.07) is 0.0130. The Kier molecular flexibility index (Phi) is 5.70. The van der Waals surface area contributed by atoms with E-state index in [2.05, 4.69) is 0 Å². The third-order valence-corrected chi connectivity index (χ3v) is 5.41. The standard InChI is InChI=1S/C11H23ClN2O2S/c1-10(2)14(9-11-5-6-11)17(15,16)13(3)8-4-7-12/h10-11H,4-9H2,1-3H3. The maximum atomic E-state index is 12.4. The smallest absolute Gasteiger partial charge is 0.195 e. The summed E-state index contributed by atoms with van der Waals surface area (Å²) >= 11 is 5.60. The van der Waals surface area contributed by atoms with E-state index in [9.17, 15) is 8.42 Å². The van der Waals surface area contributed by atoms with Crippen molar-refractivity contribution in [1.82, 2.24) is 8.61 Å². The maximum Gasteiger partial charge on any atom is 0.281 e. The summed E-state index contributed by atoms with van der Waals surface area (Å²) < 4.78 is 27.7. The fourth-order valence-corrected chi connectivity index (χ4v) is 3.47. The molecule has 1 rings (SSSR count). The van der Waals surface area contributed by atoms with Crippen molar-refractivity contribution in [2.45, 2.75) is 39.2 Å². The fourth-order valence-electron chi connectivity index (χ4n) is 1.70. The molecule has 0 spiro atoms. The molecule has 0 unspecified atom stereocenters. The molecule has 0 saturated heterocycles. The molecule has 0 N–H and O–H groups in total. The van der Waals surface area contributed by atoms with Crippen molar-refractivity contribution in [2.24, 2.45) is 5.92 Å². The maximum absolute atomic E-state index is 12.4. The van der Waals surface area contributed by atoms with Gasteiger partial charge in [-0.15, -0.1) is 11.6 Å². The normalized spacial score (nSPS) is 17.4. The number of hydrogen-bond acceptors (Lipinski definition) is 2. The Labute approximate surface area is 110 Å². The zero-order valence-electron chi connectivity index (χ0n) is 10.9. The Hall–Kier alpha value is 0.160. The highest BCUT2D eigenvalue weighted by Crippen LogP contribution is 2.31. The molecule has 0 atom stereocenters. The second kappa shape index (κ2) is 6.36. The predicted octanol–water partition coefficient (Wildman–Crippen LogP) is 1.91.